The van der Waals surface area contributed by atoms with Gasteiger partial charge < -0.3 is 19.7 Å². The van der Waals surface area contributed by atoms with Crippen molar-refractivity contribution in [3.05, 3.63) is 88.2 Å². The van der Waals surface area contributed by atoms with Crippen LogP contribution in [0.15, 0.2) is 54.6 Å². The van der Waals surface area contributed by atoms with Crippen LogP contribution >= 0.6 is 0 Å². The van der Waals surface area contributed by atoms with Gasteiger partial charge in [-0.25, -0.2) is 4.79 Å². The van der Waals surface area contributed by atoms with Gasteiger partial charge in [0.05, 0.1) is 12.7 Å². The molecule has 2 N–H and O–H groups in total. The number of aryl methyl sites for hydroxylation is 1. The van der Waals surface area contributed by atoms with Crippen molar-refractivity contribution in [1.82, 2.24) is 9.88 Å². The van der Waals surface area contributed by atoms with Crippen LogP contribution in [0.2, 0.25) is 0 Å². The van der Waals surface area contributed by atoms with Crippen molar-refractivity contribution in [1.29, 1.82) is 0 Å². The lowest BCUT2D eigenvalue weighted by Gasteiger charge is -2.15. The first-order valence-electron chi connectivity index (χ1n) is 10.7. The van der Waals surface area contributed by atoms with Crippen LogP contribution in [0.3, 0.4) is 0 Å². The number of carboxylic acids is 1. The van der Waals surface area contributed by atoms with Crippen molar-refractivity contribution in [3.8, 4) is 5.75 Å². The normalized spacial score (nSPS) is 12.0. The fourth-order valence-electron chi connectivity index (χ4n) is 4.01. The molecule has 0 radical (unpaired) electrons. The molecule has 5 heteroatoms. The largest absolute Gasteiger partial charge is 0.497 e. The number of ether oxygens (including phenoxy) is 1. The molecule has 3 aromatic rings. The average molecular weight is 421 g/mol. The Morgan fingerprint density at radius 1 is 1.03 bits per heavy atom. The van der Waals surface area contributed by atoms with Crippen LogP contribution in [0.5, 0.6) is 5.75 Å². The van der Waals surface area contributed by atoms with Crippen molar-refractivity contribution < 1.29 is 14.6 Å². The van der Waals surface area contributed by atoms with E-state index < -0.39 is 5.97 Å². The summed E-state index contributed by atoms with van der Waals surface area (Å²) in [5, 5.41) is 13.4. The van der Waals surface area contributed by atoms with Gasteiger partial charge in [-0.05, 0) is 56.9 Å². The molecule has 1 atom stereocenters. The number of benzene rings is 2. The van der Waals surface area contributed by atoms with Gasteiger partial charge in [0.25, 0.3) is 0 Å². The smallest absolute Gasteiger partial charge is 0.337 e. The molecule has 0 unspecified atom stereocenters. The van der Waals surface area contributed by atoms with Crippen LogP contribution in [0.25, 0.3) is 0 Å². The van der Waals surface area contributed by atoms with E-state index in [4.69, 9.17) is 4.74 Å². The van der Waals surface area contributed by atoms with E-state index in [2.05, 4.69) is 41.1 Å². The molecule has 0 saturated heterocycles. The highest BCUT2D eigenvalue weighted by Crippen LogP contribution is 2.25. The van der Waals surface area contributed by atoms with Crippen molar-refractivity contribution in [2.45, 2.75) is 52.7 Å². The van der Waals surface area contributed by atoms with E-state index >= 15 is 0 Å². The zero-order valence-electron chi connectivity index (χ0n) is 18.8. The number of nitrogens with one attached hydrogen (secondary N) is 1. The predicted molar refractivity (Wildman–Crippen MR) is 124 cm³/mol. The van der Waals surface area contributed by atoms with Crippen molar-refractivity contribution in [2.24, 2.45) is 0 Å². The summed E-state index contributed by atoms with van der Waals surface area (Å²) >= 11 is 0. The maximum absolute atomic E-state index is 12.0. The standard InChI is InChI=1S/C26H32N2O3/c1-18(10-11-21-8-6-5-7-9-21)27-16-24-19(2)28(20(3)25(24)26(29)30)17-22-12-14-23(31-4)15-13-22/h5-9,12-15,18,27H,10-11,16-17H2,1-4H3,(H,29,30)/t18-/m1/s1. The Hall–Kier alpha value is -3.05. The molecule has 5 nitrogen and oxygen atoms in total. The first-order valence-corrected chi connectivity index (χ1v) is 10.7. The van der Waals surface area contributed by atoms with E-state index in [1.807, 2.05) is 44.2 Å². The maximum Gasteiger partial charge on any atom is 0.337 e. The summed E-state index contributed by atoms with van der Waals surface area (Å²) in [6.45, 7) is 7.22. The van der Waals surface area contributed by atoms with E-state index in [9.17, 15) is 9.90 Å². The molecule has 0 bridgehead atoms. The fourth-order valence-corrected chi connectivity index (χ4v) is 4.01. The lowest BCUT2D eigenvalue weighted by atomic mass is 10.1. The van der Waals surface area contributed by atoms with E-state index in [-0.39, 0.29) is 6.04 Å². The predicted octanol–water partition coefficient (Wildman–Crippen LogP) is 4.97. The number of nitrogens with zero attached hydrogens (tertiary/aromatic N) is 1. The number of aromatic nitrogens is 1. The second kappa shape index (κ2) is 10.3. The number of methoxy groups -OCH3 is 1. The molecule has 0 aliphatic rings. The molecule has 1 aromatic heterocycles. The van der Waals surface area contributed by atoms with E-state index in [0.29, 0.717) is 18.7 Å². The lowest BCUT2D eigenvalue weighted by molar-refractivity contribution is 0.0694. The zero-order valence-corrected chi connectivity index (χ0v) is 18.8. The molecule has 0 fully saturated rings. The molecular formula is C26H32N2O3. The summed E-state index contributed by atoms with van der Waals surface area (Å²) in [4.78, 5) is 12.0. The Balaban J connectivity index is 1.73. The van der Waals surface area contributed by atoms with Crippen molar-refractivity contribution >= 4 is 5.97 Å². The molecular weight excluding hydrogens is 388 g/mol. The molecule has 0 saturated carbocycles. The quantitative estimate of drug-likeness (QED) is 0.486. The Bertz CT molecular complexity index is 1010. The van der Waals surface area contributed by atoms with E-state index in [1.165, 1.54) is 5.56 Å². The fraction of sp³-hybridized carbons (Fsp3) is 0.346. The molecule has 0 spiro atoms. The van der Waals surface area contributed by atoms with Crippen LogP contribution in [-0.4, -0.2) is 28.8 Å². The second-order valence-electron chi connectivity index (χ2n) is 8.07. The molecule has 164 valence electrons. The van der Waals surface area contributed by atoms with Crippen LogP contribution in [0.1, 0.15) is 51.8 Å². The van der Waals surface area contributed by atoms with Gasteiger partial charge in [-0.15, -0.1) is 0 Å². The zero-order chi connectivity index (χ0) is 22.4. The van der Waals surface area contributed by atoms with Gasteiger partial charge in [-0.1, -0.05) is 42.5 Å². The first kappa shape index (κ1) is 22.6. The van der Waals surface area contributed by atoms with Gasteiger partial charge in [-0.3, -0.25) is 0 Å². The summed E-state index contributed by atoms with van der Waals surface area (Å²) in [6, 6.07) is 18.6. The molecule has 0 amide bonds. The summed E-state index contributed by atoms with van der Waals surface area (Å²) in [5.41, 5.74) is 5.48. The van der Waals surface area contributed by atoms with Gasteiger partial charge >= 0.3 is 5.97 Å². The Morgan fingerprint density at radius 2 is 1.71 bits per heavy atom. The maximum atomic E-state index is 12.0. The number of aromatic carboxylic acids is 1. The number of hydrogen-bond donors (Lipinski definition) is 2. The van der Waals surface area contributed by atoms with Crippen LogP contribution in [0, 0.1) is 13.8 Å². The van der Waals surface area contributed by atoms with E-state index in [0.717, 1.165) is 41.1 Å². The molecule has 0 aliphatic carbocycles. The van der Waals surface area contributed by atoms with Crippen LogP contribution in [0.4, 0.5) is 0 Å². The number of carbonyl (C=O) groups is 1. The molecule has 0 aliphatic heterocycles. The number of rotatable bonds is 10. The Labute approximate surface area is 184 Å². The highest BCUT2D eigenvalue weighted by Gasteiger charge is 2.22. The van der Waals surface area contributed by atoms with Gasteiger partial charge in [0.15, 0.2) is 0 Å². The molecule has 2 aromatic carbocycles. The summed E-state index contributed by atoms with van der Waals surface area (Å²) in [6.07, 6.45) is 1.99. The van der Waals surface area contributed by atoms with Crippen molar-refractivity contribution in [3.63, 3.8) is 0 Å². The van der Waals surface area contributed by atoms with Gasteiger partial charge in [0.1, 0.15) is 5.75 Å². The number of hydrogen-bond acceptors (Lipinski definition) is 3. The second-order valence-corrected chi connectivity index (χ2v) is 8.07. The Morgan fingerprint density at radius 3 is 2.32 bits per heavy atom. The third-order valence-corrected chi connectivity index (χ3v) is 5.96. The van der Waals surface area contributed by atoms with E-state index in [1.54, 1.807) is 7.11 Å². The minimum Gasteiger partial charge on any atom is -0.497 e. The minimum atomic E-state index is -0.872. The van der Waals surface area contributed by atoms with Crippen LogP contribution < -0.4 is 10.1 Å². The highest BCUT2D eigenvalue weighted by atomic mass is 16.5. The summed E-state index contributed by atoms with van der Waals surface area (Å²) < 4.78 is 7.33. The Kier molecular flexibility index (Phi) is 7.53. The SMILES string of the molecule is COc1ccc(Cn2c(C)c(CN[C@H](C)CCc3ccccc3)c(C(=O)O)c2C)cc1. The van der Waals surface area contributed by atoms with Gasteiger partial charge in [0.2, 0.25) is 0 Å². The molecule has 31 heavy (non-hydrogen) atoms. The van der Waals surface area contributed by atoms with Gasteiger partial charge in [-0.2, -0.15) is 0 Å². The third-order valence-electron chi connectivity index (χ3n) is 5.96. The molecule has 1 heterocycles. The monoisotopic (exact) mass is 420 g/mol. The average Bonchev–Trinajstić information content (AvgIpc) is 3.01. The summed E-state index contributed by atoms with van der Waals surface area (Å²) in [7, 11) is 1.65. The van der Waals surface area contributed by atoms with Crippen LogP contribution in [-0.2, 0) is 19.5 Å². The lowest BCUT2D eigenvalue weighted by Crippen LogP contribution is -2.27. The first-order chi connectivity index (χ1) is 14.9. The minimum absolute atomic E-state index is 0.284. The number of carboxylic acid groups (broad SMARTS) is 1. The van der Waals surface area contributed by atoms with Gasteiger partial charge in [0, 0.05) is 36.1 Å². The molecule has 3 rings (SSSR count). The topological polar surface area (TPSA) is 63.5 Å². The third kappa shape index (κ3) is 5.56. The highest BCUT2D eigenvalue weighted by molar-refractivity contribution is 5.91. The van der Waals surface area contributed by atoms with Crippen molar-refractivity contribution in [2.75, 3.05) is 7.11 Å². The summed E-state index contributed by atoms with van der Waals surface area (Å²) in [5.74, 6) is -0.0619.